The van der Waals surface area contributed by atoms with Gasteiger partial charge in [-0.1, -0.05) is 18.6 Å². The first-order chi connectivity index (χ1) is 11.0. The van der Waals surface area contributed by atoms with Crippen molar-refractivity contribution in [1.82, 2.24) is 0 Å². The summed E-state index contributed by atoms with van der Waals surface area (Å²) in [6.45, 7) is 5.88. The summed E-state index contributed by atoms with van der Waals surface area (Å²) >= 11 is 0. The normalized spacial score (nSPS) is 58.0. The average Bonchev–Trinajstić information content (AvgIpc) is 3.06. The van der Waals surface area contributed by atoms with Gasteiger partial charge in [0.2, 0.25) is 0 Å². The highest BCUT2D eigenvalue weighted by atomic mass is 16.5. The second-order valence-electron chi connectivity index (χ2n) is 9.63. The Labute approximate surface area is 140 Å². The molecule has 128 valence electrons. The third-order valence-corrected chi connectivity index (χ3v) is 9.04. The molecule has 1 spiro atoms. The van der Waals surface area contributed by atoms with Gasteiger partial charge in [-0.25, -0.2) is 0 Å². The molecule has 0 aromatic rings. The van der Waals surface area contributed by atoms with E-state index in [1.165, 1.54) is 38.5 Å². The summed E-state index contributed by atoms with van der Waals surface area (Å²) in [7, 11) is 0. The van der Waals surface area contributed by atoms with Gasteiger partial charge in [0, 0.05) is 5.41 Å². The van der Waals surface area contributed by atoms with Gasteiger partial charge in [-0.3, -0.25) is 0 Å². The van der Waals surface area contributed by atoms with Crippen molar-refractivity contribution >= 4 is 0 Å². The molecule has 0 aromatic heterocycles. The van der Waals surface area contributed by atoms with Gasteiger partial charge in [-0.05, 0) is 87.4 Å². The van der Waals surface area contributed by atoms with E-state index in [1.54, 1.807) is 5.57 Å². The lowest BCUT2D eigenvalue weighted by Crippen LogP contribution is -2.51. The highest BCUT2D eigenvalue weighted by Gasteiger charge is 2.63. The Balaban J connectivity index is 1.49. The van der Waals surface area contributed by atoms with Crippen LogP contribution < -0.4 is 0 Å². The molecule has 3 saturated carbocycles. The van der Waals surface area contributed by atoms with Gasteiger partial charge >= 0.3 is 0 Å². The van der Waals surface area contributed by atoms with Crippen molar-refractivity contribution in [1.29, 1.82) is 0 Å². The molecule has 1 unspecified atom stereocenters. The second kappa shape index (κ2) is 4.85. The van der Waals surface area contributed by atoms with Crippen LogP contribution in [0, 0.1) is 34.5 Å². The number of aliphatic hydroxyl groups is 1. The minimum absolute atomic E-state index is 0.0826. The van der Waals surface area contributed by atoms with Crippen molar-refractivity contribution in [2.45, 2.75) is 77.4 Å². The number of fused-ring (bicyclic) bond motifs is 4. The number of hydrogen-bond acceptors (Lipinski definition) is 2. The molecule has 5 aliphatic rings. The van der Waals surface area contributed by atoms with Crippen LogP contribution in [0.3, 0.4) is 0 Å². The maximum absolute atomic E-state index is 10.1. The fraction of sp³-hybridized carbons (Fsp3) is 0.905. The Morgan fingerprint density at radius 3 is 2.78 bits per heavy atom. The first kappa shape index (κ1) is 15.0. The van der Waals surface area contributed by atoms with Crippen LogP contribution in [-0.2, 0) is 4.74 Å². The smallest absolute Gasteiger partial charge is 0.0581 e. The predicted octanol–water partition coefficient (Wildman–Crippen LogP) is 4.33. The van der Waals surface area contributed by atoms with E-state index in [4.69, 9.17) is 4.74 Å². The van der Waals surface area contributed by atoms with Crippen molar-refractivity contribution < 1.29 is 9.84 Å². The molecule has 0 bridgehead atoms. The van der Waals surface area contributed by atoms with Gasteiger partial charge in [0.05, 0.1) is 18.8 Å². The van der Waals surface area contributed by atoms with Crippen LogP contribution in [0.1, 0.15) is 65.2 Å². The van der Waals surface area contributed by atoms with E-state index in [1.807, 2.05) is 0 Å². The monoisotopic (exact) mass is 316 g/mol. The third kappa shape index (κ3) is 1.83. The van der Waals surface area contributed by atoms with Gasteiger partial charge in [0.1, 0.15) is 0 Å². The van der Waals surface area contributed by atoms with Crippen LogP contribution in [-0.4, -0.2) is 23.9 Å². The predicted molar refractivity (Wildman–Crippen MR) is 90.9 cm³/mol. The van der Waals surface area contributed by atoms with Crippen molar-refractivity contribution in [3.8, 4) is 0 Å². The summed E-state index contributed by atoms with van der Waals surface area (Å²) in [6, 6.07) is 0. The molecule has 8 atom stereocenters. The van der Waals surface area contributed by atoms with E-state index in [2.05, 4.69) is 19.9 Å². The molecule has 5 rings (SSSR count). The van der Waals surface area contributed by atoms with Gasteiger partial charge < -0.3 is 9.84 Å². The van der Waals surface area contributed by atoms with Crippen LogP contribution in [0.4, 0.5) is 0 Å². The van der Waals surface area contributed by atoms with Crippen LogP contribution in [0.15, 0.2) is 11.6 Å². The summed E-state index contributed by atoms with van der Waals surface area (Å²) < 4.78 is 6.16. The number of aliphatic hydroxyl groups excluding tert-OH is 1. The summed E-state index contributed by atoms with van der Waals surface area (Å²) in [5.41, 5.74) is 2.50. The maximum Gasteiger partial charge on any atom is 0.0581 e. The first-order valence-corrected chi connectivity index (χ1v) is 10.0. The van der Waals surface area contributed by atoms with E-state index in [0.29, 0.717) is 16.9 Å². The van der Waals surface area contributed by atoms with E-state index in [0.717, 1.165) is 43.1 Å². The number of ether oxygens (including phenoxy) is 1. The van der Waals surface area contributed by atoms with Crippen LogP contribution in [0.5, 0.6) is 0 Å². The molecule has 2 nitrogen and oxygen atoms in total. The molecule has 0 amide bonds. The van der Waals surface area contributed by atoms with Crippen LogP contribution in [0.2, 0.25) is 0 Å². The minimum Gasteiger partial charge on any atom is -0.393 e. The molecular formula is C21H32O2. The summed E-state index contributed by atoms with van der Waals surface area (Å²) in [4.78, 5) is 0. The molecule has 23 heavy (non-hydrogen) atoms. The zero-order valence-electron chi connectivity index (χ0n) is 14.8. The van der Waals surface area contributed by atoms with E-state index in [9.17, 15) is 5.11 Å². The third-order valence-electron chi connectivity index (χ3n) is 9.04. The zero-order valence-corrected chi connectivity index (χ0v) is 14.8. The molecule has 0 aromatic carbocycles. The Morgan fingerprint density at radius 2 is 1.91 bits per heavy atom. The lowest BCUT2D eigenvalue weighted by atomic mass is 9.47. The highest BCUT2D eigenvalue weighted by Crippen LogP contribution is 2.68. The van der Waals surface area contributed by atoms with Gasteiger partial charge in [0.25, 0.3) is 0 Å². The maximum atomic E-state index is 10.1. The molecule has 1 aliphatic heterocycles. The van der Waals surface area contributed by atoms with Crippen molar-refractivity contribution in [3.05, 3.63) is 11.6 Å². The average molecular weight is 316 g/mol. The SMILES string of the molecule is CC1OC[C@]23CC[C@H]4[C@@H](CC=C5C[C@@H](O)CC[C@@]54C)[C@@H]2CC[C@H]13. The zero-order chi connectivity index (χ0) is 15.8. The fourth-order valence-electron chi connectivity index (χ4n) is 7.88. The van der Waals surface area contributed by atoms with Gasteiger partial charge in [0.15, 0.2) is 0 Å². The Morgan fingerprint density at radius 1 is 1.09 bits per heavy atom. The van der Waals surface area contributed by atoms with Gasteiger partial charge in [-0.15, -0.1) is 0 Å². The summed E-state index contributed by atoms with van der Waals surface area (Å²) in [6.07, 6.45) is 13.0. The highest BCUT2D eigenvalue weighted by molar-refractivity contribution is 5.26. The van der Waals surface area contributed by atoms with E-state index >= 15 is 0 Å². The lowest BCUT2D eigenvalue weighted by Gasteiger charge is -2.57. The van der Waals surface area contributed by atoms with Crippen molar-refractivity contribution in [2.75, 3.05) is 6.61 Å². The number of allylic oxidation sites excluding steroid dienone is 1. The molecule has 0 radical (unpaired) electrons. The van der Waals surface area contributed by atoms with Crippen molar-refractivity contribution in [3.63, 3.8) is 0 Å². The standard InChI is InChI=1S/C21H32O2/c1-13-17-5-6-19-16-4-3-14-11-15(22)7-9-20(14,2)18(16)8-10-21(17,19)12-23-13/h3,13,15-19,22H,4-12H2,1-2H3/t13?,15-,16+,17+,18-,19-,20-,21-/m0/s1. The van der Waals surface area contributed by atoms with Crippen LogP contribution >= 0.6 is 0 Å². The molecule has 1 saturated heterocycles. The number of rotatable bonds is 0. The molecule has 4 fully saturated rings. The summed E-state index contributed by atoms with van der Waals surface area (Å²) in [5.74, 6) is 3.48. The molecular weight excluding hydrogens is 284 g/mol. The molecule has 4 aliphatic carbocycles. The fourth-order valence-corrected chi connectivity index (χ4v) is 7.88. The molecule has 2 heteroatoms. The van der Waals surface area contributed by atoms with E-state index in [-0.39, 0.29) is 6.10 Å². The number of hydrogen-bond donors (Lipinski definition) is 1. The van der Waals surface area contributed by atoms with Crippen molar-refractivity contribution in [2.24, 2.45) is 34.5 Å². The largest absolute Gasteiger partial charge is 0.393 e. The molecule has 1 N–H and O–H groups in total. The Hall–Kier alpha value is -0.340. The van der Waals surface area contributed by atoms with Crippen LogP contribution in [0.25, 0.3) is 0 Å². The topological polar surface area (TPSA) is 29.5 Å². The Bertz CT molecular complexity index is 540. The second-order valence-corrected chi connectivity index (χ2v) is 9.63. The first-order valence-electron chi connectivity index (χ1n) is 10.0. The summed E-state index contributed by atoms with van der Waals surface area (Å²) in [5, 5.41) is 10.1. The quantitative estimate of drug-likeness (QED) is 0.674. The Kier molecular flexibility index (Phi) is 3.15. The van der Waals surface area contributed by atoms with E-state index < -0.39 is 0 Å². The van der Waals surface area contributed by atoms with Gasteiger partial charge in [-0.2, -0.15) is 0 Å². The lowest BCUT2D eigenvalue weighted by molar-refractivity contribution is -0.0541. The molecule has 1 heterocycles. The minimum atomic E-state index is -0.0826.